The van der Waals surface area contributed by atoms with Gasteiger partial charge in [0.15, 0.2) is 5.78 Å². The van der Waals surface area contributed by atoms with Gasteiger partial charge in [0, 0.05) is 17.1 Å². The van der Waals surface area contributed by atoms with Crippen LogP contribution in [0.25, 0.3) is 10.9 Å². The Bertz CT molecular complexity index is 549. The quantitative estimate of drug-likeness (QED) is 0.755. The zero-order valence-corrected chi connectivity index (χ0v) is 10.1. The van der Waals surface area contributed by atoms with Gasteiger partial charge < -0.3 is 4.74 Å². The molecule has 17 heavy (non-hydrogen) atoms. The number of nitrogens with zero attached hydrogens (tertiary/aromatic N) is 1. The molecule has 1 aromatic heterocycles. The van der Waals surface area contributed by atoms with Gasteiger partial charge in [-0.25, -0.2) is 0 Å². The third kappa shape index (κ3) is 2.28. The number of aromatic nitrogens is 1. The molecule has 0 amide bonds. The molecule has 0 saturated heterocycles. The molecule has 0 saturated carbocycles. The molecule has 1 heterocycles. The standard InChI is InChI=1S/C14H15NO2/c1-3-9-17-13-7-6-11(10(2)16)12-5-4-8-15-14(12)13/h4-8H,3,9H2,1-2H3. The predicted octanol–water partition coefficient (Wildman–Crippen LogP) is 3.23. The van der Waals surface area contributed by atoms with Crippen molar-refractivity contribution in [2.24, 2.45) is 0 Å². The molecule has 3 heteroatoms. The lowest BCUT2D eigenvalue weighted by Crippen LogP contribution is -2.00. The molecule has 0 atom stereocenters. The van der Waals surface area contributed by atoms with Gasteiger partial charge in [-0.1, -0.05) is 13.0 Å². The van der Waals surface area contributed by atoms with Gasteiger partial charge in [0.1, 0.15) is 11.3 Å². The minimum atomic E-state index is 0.0463. The SMILES string of the molecule is CCCOc1ccc(C(C)=O)c2cccnc12. The number of rotatable bonds is 4. The number of ketones is 1. The Labute approximate surface area is 100 Å². The molecule has 0 N–H and O–H groups in total. The predicted molar refractivity (Wildman–Crippen MR) is 67.5 cm³/mol. The number of carbonyl (C=O) groups excluding carboxylic acids is 1. The average Bonchev–Trinajstić information content (AvgIpc) is 2.35. The van der Waals surface area contributed by atoms with Crippen molar-refractivity contribution in [1.82, 2.24) is 4.98 Å². The molecule has 0 radical (unpaired) electrons. The van der Waals surface area contributed by atoms with E-state index in [1.807, 2.05) is 18.2 Å². The minimum Gasteiger partial charge on any atom is -0.491 e. The molecular weight excluding hydrogens is 214 g/mol. The van der Waals surface area contributed by atoms with E-state index < -0.39 is 0 Å². The maximum absolute atomic E-state index is 11.5. The highest BCUT2D eigenvalue weighted by molar-refractivity contribution is 6.07. The lowest BCUT2D eigenvalue weighted by molar-refractivity contribution is 0.101. The fourth-order valence-corrected chi connectivity index (χ4v) is 1.78. The summed E-state index contributed by atoms with van der Waals surface area (Å²) < 4.78 is 5.63. The molecule has 2 rings (SSSR count). The summed E-state index contributed by atoms with van der Waals surface area (Å²) in [7, 11) is 0. The van der Waals surface area contributed by atoms with Crippen molar-refractivity contribution in [2.75, 3.05) is 6.61 Å². The lowest BCUT2D eigenvalue weighted by atomic mass is 10.0. The lowest BCUT2D eigenvalue weighted by Gasteiger charge is -2.09. The second-order valence-corrected chi connectivity index (χ2v) is 3.92. The van der Waals surface area contributed by atoms with Crippen LogP contribution in [0.2, 0.25) is 0 Å². The average molecular weight is 229 g/mol. The topological polar surface area (TPSA) is 39.2 Å². The number of hydrogen-bond donors (Lipinski definition) is 0. The Kier molecular flexibility index (Phi) is 3.38. The summed E-state index contributed by atoms with van der Waals surface area (Å²) in [5.41, 5.74) is 1.45. The van der Waals surface area contributed by atoms with Gasteiger partial charge >= 0.3 is 0 Å². The van der Waals surface area contributed by atoms with Gasteiger partial charge in [-0.3, -0.25) is 9.78 Å². The zero-order valence-electron chi connectivity index (χ0n) is 10.1. The number of fused-ring (bicyclic) bond motifs is 1. The number of hydrogen-bond acceptors (Lipinski definition) is 3. The summed E-state index contributed by atoms with van der Waals surface area (Å²) in [5.74, 6) is 0.789. The molecule has 88 valence electrons. The summed E-state index contributed by atoms with van der Waals surface area (Å²) in [4.78, 5) is 15.8. The van der Waals surface area contributed by atoms with Crippen LogP contribution in [-0.4, -0.2) is 17.4 Å². The second-order valence-electron chi connectivity index (χ2n) is 3.92. The summed E-state index contributed by atoms with van der Waals surface area (Å²) in [6, 6.07) is 7.36. The molecule has 0 bridgehead atoms. The summed E-state index contributed by atoms with van der Waals surface area (Å²) in [6.45, 7) is 4.28. The smallest absolute Gasteiger partial charge is 0.160 e. The van der Waals surface area contributed by atoms with Crippen molar-refractivity contribution in [3.8, 4) is 5.75 Å². The van der Waals surface area contributed by atoms with Crippen molar-refractivity contribution < 1.29 is 9.53 Å². The third-order valence-electron chi connectivity index (χ3n) is 2.57. The van der Waals surface area contributed by atoms with Crippen LogP contribution in [0.1, 0.15) is 30.6 Å². The molecular formula is C14H15NO2. The highest BCUT2D eigenvalue weighted by Crippen LogP contribution is 2.27. The molecule has 0 fully saturated rings. The van der Waals surface area contributed by atoms with Crippen molar-refractivity contribution in [3.63, 3.8) is 0 Å². The van der Waals surface area contributed by atoms with Crippen LogP contribution in [0.4, 0.5) is 0 Å². The highest BCUT2D eigenvalue weighted by Gasteiger charge is 2.10. The molecule has 0 aliphatic carbocycles. The summed E-state index contributed by atoms with van der Waals surface area (Å²) in [5, 5.41) is 0.855. The van der Waals surface area contributed by atoms with Gasteiger partial charge in [-0.05, 0) is 31.5 Å². The largest absolute Gasteiger partial charge is 0.491 e. The zero-order chi connectivity index (χ0) is 12.3. The van der Waals surface area contributed by atoms with Crippen LogP contribution < -0.4 is 4.74 Å². The van der Waals surface area contributed by atoms with E-state index in [1.54, 1.807) is 19.2 Å². The van der Waals surface area contributed by atoms with Crippen LogP contribution >= 0.6 is 0 Å². The van der Waals surface area contributed by atoms with E-state index in [2.05, 4.69) is 11.9 Å². The van der Waals surface area contributed by atoms with E-state index in [-0.39, 0.29) is 5.78 Å². The van der Waals surface area contributed by atoms with Crippen molar-refractivity contribution in [1.29, 1.82) is 0 Å². The van der Waals surface area contributed by atoms with Gasteiger partial charge in [-0.2, -0.15) is 0 Å². The van der Waals surface area contributed by atoms with Crippen LogP contribution in [0.3, 0.4) is 0 Å². The Morgan fingerprint density at radius 3 is 2.88 bits per heavy atom. The number of ether oxygens (including phenoxy) is 1. The van der Waals surface area contributed by atoms with Gasteiger partial charge in [0.05, 0.1) is 6.61 Å². The number of Topliss-reactive ketones (excluding diaryl/α,β-unsaturated/α-hetero) is 1. The van der Waals surface area contributed by atoms with E-state index in [4.69, 9.17) is 4.74 Å². The summed E-state index contributed by atoms with van der Waals surface area (Å²) >= 11 is 0. The highest BCUT2D eigenvalue weighted by atomic mass is 16.5. The first-order valence-electron chi connectivity index (χ1n) is 5.75. The second kappa shape index (κ2) is 4.95. The fraction of sp³-hybridized carbons (Fsp3) is 0.286. The minimum absolute atomic E-state index is 0.0463. The van der Waals surface area contributed by atoms with Crippen LogP contribution in [-0.2, 0) is 0 Å². The van der Waals surface area contributed by atoms with Crippen LogP contribution in [0.15, 0.2) is 30.5 Å². The Hall–Kier alpha value is -1.90. The van der Waals surface area contributed by atoms with E-state index in [0.29, 0.717) is 12.2 Å². The molecule has 3 nitrogen and oxygen atoms in total. The van der Waals surface area contributed by atoms with Crippen molar-refractivity contribution in [2.45, 2.75) is 20.3 Å². The monoisotopic (exact) mass is 229 g/mol. The number of benzene rings is 1. The molecule has 2 aromatic rings. The van der Waals surface area contributed by atoms with Gasteiger partial charge in [0.2, 0.25) is 0 Å². The van der Waals surface area contributed by atoms with Crippen LogP contribution in [0.5, 0.6) is 5.75 Å². The fourth-order valence-electron chi connectivity index (χ4n) is 1.78. The molecule has 1 aromatic carbocycles. The van der Waals surface area contributed by atoms with E-state index in [0.717, 1.165) is 23.1 Å². The first-order chi connectivity index (χ1) is 8.24. The maximum atomic E-state index is 11.5. The third-order valence-corrected chi connectivity index (χ3v) is 2.57. The first kappa shape index (κ1) is 11.6. The molecule has 0 aliphatic rings. The Morgan fingerprint density at radius 1 is 1.35 bits per heavy atom. The molecule has 0 unspecified atom stereocenters. The molecule has 0 spiro atoms. The van der Waals surface area contributed by atoms with E-state index in [1.165, 1.54) is 0 Å². The normalized spacial score (nSPS) is 10.5. The Morgan fingerprint density at radius 2 is 2.18 bits per heavy atom. The maximum Gasteiger partial charge on any atom is 0.160 e. The summed E-state index contributed by atoms with van der Waals surface area (Å²) in [6.07, 6.45) is 2.66. The van der Waals surface area contributed by atoms with Gasteiger partial charge in [0.25, 0.3) is 0 Å². The van der Waals surface area contributed by atoms with E-state index >= 15 is 0 Å². The number of carbonyl (C=O) groups is 1. The van der Waals surface area contributed by atoms with Crippen LogP contribution in [0, 0.1) is 0 Å². The number of pyridine rings is 1. The Balaban J connectivity index is 2.58. The molecule has 0 aliphatic heterocycles. The first-order valence-corrected chi connectivity index (χ1v) is 5.75. The van der Waals surface area contributed by atoms with Crippen molar-refractivity contribution >= 4 is 16.7 Å². The van der Waals surface area contributed by atoms with Gasteiger partial charge in [-0.15, -0.1) is 0 Å². The van der Waals surface area contributed by atoms with E-state index in [9.17, 15) is 4.79 Å². The van der Waals surface area contributed by atoms with Crippen molar-refractivity contribution in [3.05, 3.63) is 36.0 Å².